The molecule has 0 unspecified atom stereocenters. The maximum atomic E-state index is 13.9. The summed E-state index contributed by atoms with van der Waals surface area (Å²) in [5, 5.41) is 7.02. The number of carbonyl (C=O) groups excluding carboxylic acids is 2. The molecule has 226 valence electrons. The fourth-order valence-electron chi connectivity index (χ4n) is 4.10. The molecule has 0 saturated carbocycles. The number of hydrogen-bond acceptors (Lipinski definition) is 9. The number of nitrogens with two attached hydrogens (primary N) is 1. The van der Waals surface area contributed by atoms with Crippen molar-refractivity contribution < 1.29 is 27.5 Å². The van der Waals surface area contributed by atoms with Gasteiger partial charge in [0, 0.05) is 56.8 Å². The van der Waals surface area contributed by atoms with Crippen LogP contribution in [0.4, 0.5) is 29.7 Å². The number of hydrazine groups is 1. The number of methoxy groups -OCH3 is 1. The van der Waals surface area contributed by atoms with Gasteiger partial charge in [-0.1, -0.05) is 17.4 Å². The maximum absolute atomic E-state index is 13.9. The number of rotatable bonds is 10. The Balaban J connectivity index is 1.95. The van der Waals surface area contributed by atoms with Gasteiger partial charge in [0.25, 0.3) is 5.91 Å². The predicted molar refractivity (Wildman–Crippen MR) is 159 cm³/mol. The van der Waals surface area contributed by atoms with Gasteiger partial charge < -0.3 is 25.2 Å². The minimum absolute atomic E-state index is 0.0216. The van der Waals surface area contributed by atoms with Gasteiger partial charge in [0.05, 0.1) is 28.9 Å². The van der Waals surface area contributed by atoms with Crippen molar-refractivity contribution in [2.24, 2.45) is 5.84 Å². The summed E-state index contributed by atoms with van der Waals surface area (Å²) in [7, 11) is 8.27. The van der Waals surface area contributed by atoms with Crippen molar-refractivity contribution >= 4 is 45.4 Å². The average Bonchev–Trinajstić information content (AvgIpc) is 3.33. The lowest BCUT2D eigenvalue weighted by Gasteiger charge is -2.22. The number of aromatic nitrogens is 1. The molecule has 0 aliphatic heterocycles. The van der Waals surface area contributed by atoms with E-state index in [0.29, 0.717) is 16.5 Å². The number of halogens is 3. The summed E-state index contributed by atoms with van der Waals surface area (Å²) in [5.74, 6) is 5.27. The van der Waals surface area contributed by atoms with E-state index in [1.165, 1.54) is 36.4 Å². The minimum atomic E-state index is -4.69. The summed E-state index contributed by atoms with van der Waals surface area (Å²) < 4.78 is 46.7. The summed E-state index contributed by atoms with van der Waals surface area (Å²) >= 11 is 1.27. The molecular formula is C28H34F3N7O3S. The Morgan fingerprint density at radius 2 is 1.81 bits per heavy atom. The van der Waals surface area contributed by atoms with Gasteiger partial charge in [-0.2, -0.15) is 13.2 Å². The Kier molecular flexibility index (Phi) is 10.2. The van der Waals surface area contributed by atoms with Crippen molar-refractivity contribution in [3.63, 3.8) is 0 Å². The number of aryl methyl sites for hydroxylation is 1. The average molecular weight is 606 g/mol. The van der Waals surface area contributed by atoms with E-state index in [0.717, 1.165) is 16.5 Å². The minimum Gasteiger partial charge on any atom is -0.496 e. The zero-order chi connectivity index (χ0) is 31.4. The number of hydrogen-bond donors (Lipinski definition) is 3. The van der Waals surface area contributed by atoms with Crippen molar-refractivity contribution in [1.29, 1.82) is 0 Å². The zero-order valence-electron chi connectivity index (χ0n) is 24.4. The van der Waals surface area contributed by atoms with E-state index in [1.54, 1.807) is 49.6 Å². The number of anilines is 3. The Morgan fingerprint density at radius 1 is 1.12 bits per heavy atom. The standard InChI is InChI=1S/C28H34F3N7O3S/c1-16-8-9-18(11-22(16)38(32)15-23(37(5)6)24-13-33-27(42-24)34-17(2)39)26(40)35-20-10-19(14-36(3)4)25(41-7)21(12-20)28(29,30)31/h8-13,15H,14,32H2,1-7H3,(H,35,40)(H,33,34,39)/b23-15-. The number of nitrogens with zero attached hydrogens (tertiary/aromatic N) is 4. The predicted octanol–water partition coefficient (Wildman–Crippen LogP) is 4.99. The Morgan fingerprint density at radius 3 is 2.38 bits per heavy atom. The fraction of sp³-hybridized carbons (Fsp3) is 0.321. The van der Waals surface area contributed by atoms with E-state index in [1.807, 2.05) is 25.9 Å². The molecule has 4 N–H and O–H groups in total. The van der Waals surface area contributed by atoms with Crippen LogP contribution in [0.25, 0.3) is 5.70 Å². The summed E-state index contributed by atoms with van der Waals surface area (Å²) in [6, 6.07) is 7.14. The van der Waals surface area contributed by atoms with Gasteiger partial charge in [0.15, 0.2) is 5.13 Å². The number of ether oxygens (including phenoxy) is 1. The molecule has 0 spiro atoms. The third-order valence-electron chi connectivity index (χ3n) is 5.95. The van der Waals surface area contributed by atoms with E-state index in [9.17, 15) is 22.8 Å². The molecule has 0 radical (unpaired) electrons. The molecule has 2 amide bonds. The SMILES string of the molecule is COc1c(CN(C)C)cc(NC(=O)c2ccc(C)c(N(N)/C=C(/c3cnc(NC(C)=O)s3)N(C)C)c2)cc1C(F)(F)F. The van der Waals surface area contributed by atoms with Crippen LogP contribution >= 0.6 is 11.3 Å². The van der Waals surface area contributed by atoms with Gasteiger partial charge in [-0.05, 0) is 50.8 Å². The van der Waals surface area contributed by atoms with Crippen LogP contribution in [0.3, 0.4) is 0 Å². The molecule has 42 heavy (non-hydrogen) atoms. The third kappa shape index (κ3) is 7.99. The number of benzene rings is 2. The van der Waals surface area contributed by atoms with Crippen LogP contribution in [-0.4, -0.2) is 61.9 Å². The molecule has 0 saturated heterocycles. The van der Waals surface area contributed by atoms with Crippen LogP contribution in [0.2, 0.25) is 0 Å². The molecular weight excluding hydrogens is 571 g/mol. The van der Waals surface area contributed by atoms with Gasteiger partial charge in [0.1, 0.15) is 5.75 Å². The smallest absolute Gasteiger partial charge is 0.420 e. The fourth-order valence-corrected chi connectivity index (χ4v) is 5.06. The van der Waals surface area contributed by atoms with Crippen molar-refractivity contribution in [3.05, 3.63) is 69.9 Å². The number of alkyl halides is 3. The Bertz CT molecular complexity index is 1490. The van der Waals surface area contributed by atoms with Crippen molar-refractivity contribution in [2.45, 2.75) is 26.6 Å². The monoisotopic (exact) mass is 605 g/mol. The second-order valence-electron chi connectivity index (χ2n) is 9.93. The molecule has 0 fully saturated rings. The normalized spacial score (nSPS) is 11.9. The molecule has 0 aliphatic carbocycles. The lowest BCUT2D eigenvalue weighted by molar-refractivity contribution is -0.138. The zero-order valence-corrected chi connectivity index (χ0v) is 25.2. The Hall–Kier alpha value is -4.14. The molecule has 14 heteroatoms. The first-order valence-electron chi connectivity index (χ1n) is 12.6. The highest BCUT2D eigenvalue weighted by Crippen LogP contribution is 2.40. The number of carbonyl (C=O) groups is 2. The topological polar surface area (TPSA) is 116 Å². The highest BCUT2D eigenvalue weighted by molar-refractivity contribution is 7.16. The number of thiazole rings is 1. The highest BCUT2D eigenvalue weighted by atomic mass is 32.1. The van der Waals surface area contributed by atoms with Crippen LogP contribution in [0.15, 0.2) is 42.7 Å². The van der Waals surface area contributed by atoms with Gasteiger partial charge in [-0.15, -0.1) is 0 Å². The summed E-state index contributed by atoms with van der Waals surface area (Å²) in [5.41, 5.74) is 1.39. The summed E-state index contributed by atoms with van der Waals surface area (Å²) in [6.07, 6.45) is -1.43. The molecule has 2 aromatic carbocycles. The maximum Gasteiger partial charge on any atom is 0.420 e. The van der Waals surface area contributed by atoms with Crippen LogP contribution in [0.1, 0.15) is 38.8 Å². The molecule has 10 nitrogen and oxygen atoms in total. The molecule has 1 aromatic heterocycles. The van der Waals surface area contributed by atoms with Gasteiger partial charge in [-0.25, -0.2) is 10.8 Å². The first-order valence-corrected chi connectivity index (χ1v) is 13.4. The second kappa shape index (κ2) is 13.2. The van der Waals surface area contributed by atoms with E-state index in [4.69, 9.17) is 10.6 Å². The number of amides is 2. The molecule has 1 heterocycles. The summed E-state index contributed by atoms with van der Waals surface area (Å²) in [4.78, 5) is 33.1. The van der Waals surface area contributed by atoms with Crippen LogP contribution in [-0.2, 0) is 17.5 Å². The molecule has 3 rings (SSSR count). The van der Waals surface area contributed by atoms with Crippen molar-refractivity contribution in [3.8, 4) is 5.75 Å². The Labute approximate surface area is 246 Å². The molecule has 0 bridgehead atoms. The lowest BCUT2D eigenvalue weighted by Crippen LogP contribution is -2.28. The van der Waals surface area contributed by atoms with Crippen molar-refractivity contribution in [2.75, 3.05) is 50.9 Å². The van der Waals surface area contributed by atoms with Gasteiger partial charge >= 0.3 is 6.18 Å². The highest BCUT2D eigenvalue weighted by Gasteiger charge is 2.36. The quantitative estimate of drug-likeness (QED) is 0.219. The number of nitrogens with one attached hydrogen (secondary N) is 2. The van der Waals surface area contributed by atoms with E-state index in [2.05, 4.69) is 15.6 Å². The first kappa shape index (κ1) is 32.4. The lowest BCUT2D eigenvalue weighted by atomic mass is 10.0. The molecule has 0 atom stereocenters. The van der Waals surface area contributed by atoms with Crippen molar-refractivity contribution in [1.82, 2.24) is 14.8 Å². The van der Waals surface area contributed by atoms with Crippen LogP contribution in [0.5, 0.6) is 5.75 Å². The van der Waals surface area contributed by atoms with Gasteiger partial charge in [-0.3, -0.25) is 14.6 Å². The second-order valence-corrected chi connectivity index (χ2v) is 11.0. The summed E-state index contributed by atoms with van der Waals surface area (Å²) in [6.45, 7) is 3.37. The molecule has 0 aliphatic rings. The third-order valence-corrected chi connectivity index (χ3v) is 6.89. The van der Waals surface area contributed by atoms with Crippen LogP contribution in [0, 0.1) is 6.92 Å². The van der Waals surface area contributed by atoms with E-state index < -0.39 is 17.6 Å². The largest absolute Gasteiger partial charge is 0.496 e. The van der Waals surface area contributed by atoms with Crippen LogP contribution < -0.4 is 26.2 Å². The first-order chi connectivity index (χ1) is 19.6. The van der Waals surface area contributed by atoms with E-state index in [-0.39, 0.29) is 35.0 Å². The van der Waals surface area contributed by atoms with E-state index >= 15 is 0 Å². The molecule has 3 aromatic rings. The van der Waals surface area contributed by atoms with Gasteiger partial charge in [0.2, 0.25) is 5.91 Å².